The zero-order chi connectivity index (χ0) is 13.1. The number of pyridine rings is 1. The Balaban J connectivity index is 2.35. The molecule has 0 saturated carbocycles. The largest absolute Gasteiger partial charge is 0.497 e. The molecule has 0 radical (unpaired) electrons. The van der Waals surface area contributed by atoms with Crippen molar-refractivity contribution in [3.63, 3.8) is 0 Å². The van der Waals surface area contributed by atoms with E-state index in [-0.39, 0.29) is 0 Å². The quantitative estimate of drug-likeness (QED) is 0.900. The smallest absolute Gasteiger partial charge is 0.156 e. The number of hydrogen-bond donors (Lipinski definition) is 1. The Kier molecular flexibility index (Phi) is 3.37. The van der Waals surface area contributed by atoms with Crippen molar-refractivity contribution in [2.45, 2.75) is 6.92 Å². The second-order valence-corrected chi connectivity index (χ2v) is 4.12. The number of nitrogens with zero attached hydrogens (tertiary/aromatic N) is 2. The molecule has 18 heavy (non-hydrogen) atoms. The van der Waals surface area contributed by atoms with Gasteiger partial charge in [-0.3, -0.25) is 0 Å². The zero-order valence-corrected chi connectivity index (χ0v) is 10.8. The van der Waals surface area contributed by atoms with Crippen molar-refractivity contribution in [3.05, 3.63) is 42.1 Å². The summed E-state index contributed by atoms with van der Waals surface area (Å²) in [4.78, 5) is 6.29. The molecule has 0 amide bonds. The second kappa shape index (κ2) is 4.96. The van der Waals surface area contributed by atoms with Crippen LogP contribution in [0.4, 0.5) is 17.2 Å². The molecule has 4 heteroatoms. The number of hydrogen-bond acceptors (Lipinski definition) is 4. The number of nitrogens with two attached hydrogens (primary N) is 1. The second-order valence-electron chi connectivity index (χ2n) is 4.12. The summed E-state index contributed by atoms with van der Waals surface area (Å²) in [6.45, 7) is 1.97. The van der Waals surface area contributed by atoms with Gasteiger partial charge in [0.1, 0.15) is 5.75 Å². The molecule has 4 nitrogen and oxygen atoms in total. The van der Waals surface area contributed by atoms with Crippen LogP contribution in [0.15, 0.2) is 36.5 Å². The highest BCUT2D eigenvalue weighted by Gasteiger charge is 2.10. The molecule has 0 saturated heterocycles. The van der Waals surface area contributed by atoms with Gasteiger partial charge < -0.3 is 15.4 Å². The van der Waals surface area contributed by atoms with Crippen LogP contribution in [0, 0.1) is 6.92 Å². The van der Waals surface area contributed by atoms with Crippen LogP contribution >= 0.6 is 0 Å². The van der Waals surface area contributed by atoms with Gasteiger partial charge in [0.25, 0.3) is 0 Å². The monoisotopic (exact) mass is 243 g/mol. The molecule has 0 atom stereocenters. The fourth-order valence-corrected chi connectivity index (χ4v) is 1.75. The first-order chi connectivity index (χ1) is 8.63. The fraction of sp³-hybridized carbons (Fsp3) is 0.214. The molecule has 0 bridgehead atoms. The van der Waals surface area contributed by atoms with Crippen LogP contribution in [0.3, 0.4) is 0 Å². The lowest BCUT2D eigenvalue weighted by Crippen LogP contribution is -2.13. The van der Waals surface area contributed by atoms with E-state index in [1.54, 1.807) is 13.3 Å². The summed E-state index contributed by atoms with van der Waals surface area (Å²) in [5.74, 6) is 1.59. The predicted octanol–water partition coefficient (Wildman–Crippen LogP) is 2.75. The first kappa shape index (κ1) is 12.2. The summed E-state index contributed by atoms with van der Waals surface area (Å²) in [5.41, 5.74) is 8.80. The van der Waals surface area contributed by atoms with Gasteiger partial charge in [0.15, 0.2) is 5.82 Å². The molecule has 94 valence electrons. The number of rotatable bonds is 3. The minimum atomic E-state index is 0.704. The van der Waals surface area contributed by atoms with Crippen LogP contribution in [0.2, 0.25) is 0 Å². The van der Waals surface area contributed by atoms with Crippen molar-refractivity contribution in [1.82, 2.24) is 4.98 Å². The molecule has 1 heterocycles. The van der Waals surface area contributed by atoms with E-state index in [1.165, 1.54) is 0 Å². The molecular formula is C14H17N3O. The minimum Gasteiger partial charge on any atom is -0.497 e. The van der Waals surface area contributed by atoms with Crippen LogP contribution in [-0.4, -0.2) is 19.1 Å². The van der Waals surface area contributed by atoms with Gasteiger partial charge in [0.2, 0.25) is 0 Å². The van der Waals surface area contributed by atoms with E-state index in [2.05, 4.69) is 4.98 Å². The number of aromatic nitrogens is 1. The molecule has 1 aromatic heterocycles. The maximum atomic E-state index is 6.05. The van der Waals surface area contributed by atoms with Gasteiger partial charge in [-0.15, -0.1) is 0 Å². The Morgan fingerprint density at radius 1 is 1.17 bits per heavy atom. The van der Waals surface area contributed by atoms with E-state index in [1.807, 2.05) is 49.2 Å². The van der Waals surface area contributed by atoms with E-state index in [0.29, 0.717) is 5.69 Å². The highest BCUT2D eigenvalue weighted by molar-refractivity contribution is 5.72. The van der Waals surface area contributed by atoms with Crippen molar-refractivity contribution in [2.75, 3.05) is 24.8 Å². The summed E-state index contributed by atoms with van der Waals surface area (Å²) in [5, 5.41) is 0. The average molecular weight is 243 g/mol. The number of ether oxygens (including phenoxy) is 1. The third-order valence-electron chi connectivity index (χ3n) is 2.96. The van der Waals surface area contributed by atoms with E-state index >= 15 is 0 Å². The molecule has 0 aliphatic rings. The Morgan fingerprint density at radius 2 is 1.83 bits per heavy atom. The molecule has 1 aromatic carbocycles. The normalized spacial score (nSPS) is 10.2. The van der Waals surface area contributed by atoms with E-state index in [0.717, 1.165) is 22.8 Å². The lowest BCUT2D eigenvalue weighted by atomic mass is 10.2. The number of benzene rings is 1. The SMILES string of the molecule is COc1ccc(N(C)c2nccc(C)c2N)cc1. The van der Waals surface area contributed by atoms with Crippen LogP contribution in [0.25, 0.3) is 0 Å². The molecule has 2 rings (SSSR count). The Labute approximate surface area is 107 Å². The summed E-state index contributed by atoms with van der Waals surface area (Å²) in [6, 6.07) is 9.68. The average Bonchev–Trinajstić information content (AvgIpc) is 2.41. The molecule has 0 unspecified atom stereocenters. The molecule has 2 aromatic rings. The van der Waals surface area contributed by atoms with Crippen LogP contribution < -0.4 is 15.4 Å². The third-order valence-corrected chi connectivity index (χ3v) is 2.96. The topological polar surface area (TPSA) is 51.4 Å². The molecule has 0 spiro atoms. The lowest BCUT2D eigenvalue weighted by Gasteiger charge is -2.20. The highest BCUT2D eigenvalue weighted by atomic mass is 16.5. The summed E-state index contributed by atoms with van der Waals surface area (Å²) < 4.78 is 5.14. The van der Waals surface area contributed by atoms with Crippen molar-refractivity contribution in [2.24, 2.45) is 0 Å². The molecule has 0 aliphatic heterocycles. The summed E-state index contributed by atoms with van der Waals surface area (Å²) in [7, 11) is 3.60. The molecule has 0 aliphatic carbocycles. The van der Waals surface area contributed by atoms with Gasteiger partial charge in [-0.05, 0) is 42.8 Å². The maximum Gasteiger partial charge on any atom is 0.156 e. The molecular weight excluding hydrogens is 226 g/mol. The van der Waals surface area contributed by atoms with Crippen LogP contribution in [0.1, 0.15) is 5.56 Å². The minimum absolute atomic E-state index is 0.704. The van der Waals surface area contributed by atoms with Crippen LogP contribution in [0.5, 0.6) is 5.75 Å². The van der Waals surface area contributed by atoms with E-state index in [4.69, 9.17) is 10.5 Å². The number of methoxy groups -OCH3 is 1. The molecule has 2 N–H and O–H groups in total. The van der Waals surface area contributed by atoms with Gasteiger partial charge in [0, 0.05) is 18.9 Å². The van der Waals surface area contributed by atoms with Crippen molar-refractivity contribution in [3.8, 4) is 5.75 Å². The maximum absolute atomic E-state index is 6.05. The Bertz CT molecular complexity index is 537. The Morgan fingerprint density at radius 3 is 2.44 bits per heavy atom. The van der Waals surface area contributed by atoms with Gasteiger partial charge in [-0.1, -0.05) is 0 Å². The van der Waals surface area contributed by atoms with Gasteiger partial charge in [-0.25, -0.2) is 4.98 Å². The van der Waals surface area contributed by atoms with E-state index < -0.39 is 0 Å². The summed E-state index contributed by atoms with van der Waals surface area (Å²) in [6.07, 6.45) is 1.76. The van der Waals surface area contributed by atoms with Crippen molar-refractivity contribution >= 4 is 17.2 Å². The first-order valence-electron chi connectivity index (χ1n) is 5.72. The molecule has 0 fully saturated rings. The van der Waals surface area contributed by atoms with Crippen molar-refractivity contribution < 1.29 is 4.74 Å². The van der Waals surface area contributed by atoms with E-state index in [9.17, 15) is 0 Å². The number of aryl methyl sites for hydroxylation is 1. The standard InChI is InChI=1S/C14H17N3O/c1-10-8-9-16-14(13(10)15)17(2)11-4-6-12(18-3)7-5-11/h4-9H,15H2,1-3H3. The number of nitrogen functional groups attached to an aromatic ring is 1. The fourth-order valence-electron chi connectivity index (χ4n) is 1.75. The van der Waals surface area contributed by atoms with Gasteiger partial charge >= 0.3 is 0 Å². The van der Waals surface area contributed by atoms with Crippen molar-refractivity contribution in [1.29, 1.82) is 0 Å². The lowest BCUT2D eigenvalue weighted by molar-refractivity contribution is 0.415. The van der Waals surface area contributed by atoms with Gasteiger partial charge in [-0.2, -0.15) is 0 Å². The third kappa shape index (κ3) is 2.22. The Hall–Kier alpha value is -2.23. The van der Waals surface area contributed by atoms with Crippen LogP contribution in [-0.2, 0) is 0 Å². The summed E-state index contributed by atoms with van der Waals surface area (Å²) >= 11 is 0. The first-order valence-corrected chi connectivity index (χ1v) is 5.72. The number of anilines is 3. The highest BCUT2D eigenvalue weighted by Crippen LogP contribution is 2.29. The van der Waals surface area contributed by atoms with Gasteiger partial charge in [0.05, 0.1) is 12.8 Å². The predicted molar refractivity (Wildman–Crippen MR) is 74.4 cm³/mol. The zero-order valence-electron chi connectivity index (χ0n) is 10.8.